The van der Waals surface area contributed by atoms with Crippen LogP contribution >= 0.6 is 0 Å². The topological polar surface area (TPSA) is 0 Å². The predicted octanol–water partition coefficient (Wildman–Crippen LogP) is 16.7. The third-order valence-corrected chi connectivity index (χ3v) is 15.2. The van der Waals surface area contributed by atoms with E-state index in [2.05, 4.69) is 243 Å². The molecule has 0 heteroatoms. The standard InChI is InChI=1S/C65H42/c1-5-23-48-42(15-1)19-11-28-50(48)46-33-35-55-54-27-9-10-30-60(54)65(61(55)39-46)62-40-47(51-29-12-20-43-16-2-6-24-49(43)51)34-36-56(62)57-37-38-64(41-63(57)65,58-31-13-21-44-17-3-7-25-52(44)58)59-32-14-22-45-18-4-8-26-53(45)59/h1-37,39-41H,38H2. The molecule has 302 valence electrons. The molecule has 1 spiro atoms. The fourth-order valence-electron chi connectivity index (χ4n) is 12.5. The molecule has 0 radical (unpaired) electrons. The first kappa shape index (κ1) is 36.4. The van der Waals surface area contributed by atoms with Crippen LogP contribution in [0.1, 0.15) is 39.8 Å². The van der Waals surface area contributed by atoms with Crippen molar-refractivity contribution in [2.75, 3.05) is 0 Å². The molecule has 0 bridgehead atoms. The van der Waals surface area contributed by atoms with Crippen molar-refractivity contribution in [2.45, 2.75) is 17.3 Å². The lowest BCUT2D eigenvalue weighted by Gasteiger charge is -2.40. The second-order valence-corrected chi connectivity index (χ2v) is 18.3. The molecule has 0 amide bonds. The summed E-state index contributed by atoms with van der Waals surface area (Å²) in [6, 6.07) is 87.0. The fourth-order valence-corrected chi connectivity index (χ4v) is 12.5. The number of allylic oxidation sites excluding steroid dienone is 4. The van der Waals surface area contributed by atoms with E-state index in [0.717, 1.165) is 6.42 Å². The summed E-state index contributed by atoms with van der Waals surface area (Å²) in [4.78, 5) is 0. The summed E-state index contributed by atoms with van der Waals surface area (Å²) in [5, 5.41) is 10.2. The zero-order chi connectivity index (χ0) is 42.7. The summed E-state index contributed by atoms with van der Waals surface area (Å²) in [5.74, 6) is 0. The maximum absolute atomic E-state index is 2.75. The molecule has 11 aromatic rings. The van der Waals surface area contributed by atoms with Crippen LogP contribution in [0.2, 0.25) is 0 Å². The highest BCUT2D eigenvalue weighted by atomic mass is 14.6. The lowest BCUT2D eigenvalue weighted by atomic mass is 9.61. The number of fused-ring (bicyclic) bond motifs is 14. The molecule has 0 fully saturated rings. The van der Waals surface area contributed by atoms with Crippen molar-refractivity contribution in [3.8, 4) is 33.4 Å². The van der Waals surface area contributed by atoms with Gasteiger partial charge in [-0.05, 0) is 140 Å². The second-order valence-electron chi connectivity index (χ2n) is 18.3. The van der Waals surface area contributed by atoms with Crippen molar-refractivity contribution in [1.82, 2.24) is 0 Å². The Kier molecular flexibility index (Phi) is 7.69. The van der Waals surface area contributed by atoms with Crippen LogP contribution in [0.25, 0.3) is 82.0 Å². The maximum atomic E-state index is 2.75. The first-order valence-electron chi connectivity index (χ1n) is 23.0. The molecule has 3 aliphatic carbocycles. The Morgan fingerprint density at radius 3 is 1.28 bits per heavy atom. The van der Waals surface area contributed by atoms with E-state index in [9.17, 15) is 0 Å². The van der Waals surface area contributed by atoms with Crippen LogP contribution < -0.4 is 0 Å². The zero-order valence-corrected chi connectivity index (χ0v) is 35.8. The Morgan fingerprint density at radius 1 is 0.292 bits per heavy atom. The van der Waals surface area contributed by atoms with Crippen LogP contribution in [-0.2, 0) is 10.8 Å². The van der Waals surface area contributed by atoms with Gasteiger partial charge in [-0.15, -0.1) is 0 Å². The highest BCUT2D eigenvalue weighted by molar-refractivity contribution is 6.05. The van der Waals surface area contributed by atoms with Gasteiger partial charge in [0.05, 0.1) is 5.41 Å². The average Bonchev–Trinajstić information content (AvgIpc) is 3.84. The van der Waals surface area contributed by atoms with E-state index in [-0.39, 0.29) is 0 Å². The van der Waals surface area contributed by atoms with Crippen LogP contribution in [0.15, 0.2) is 248 Å². The molecule has 0 heterocycles. The minimum Gasteiger partial charge on any atom is -0.0748 e. The Labute approximate surface area is 379 Å². The minimum absolute atomic E-state index is 0.487. The lowest BCUT2D eigenvalue weighted by Crippen LogP contribution is -2.33. The van der Waals surface area contributed by atoms with Crippen molar-refractivity contribution in [3.05, 3.63) is 282 Å². The molecule has 0 nitrogen and oxygen atoms in total. The van der Waals surface area contributed by atoms with E-state index >= 15 is 0 Å². The second kappa shape index (κ2) is 13.7. The molecule has 65 heavy (non-hydrogen) atoms. The monoisotopic (exact) mass is 822 g/mol. The van der Waals surface area contributed by atoms with Crippen molar-refractivity contribution in [2.24, 2.45) is 0 Å². The van der Waals surface area contributed by atoms with E-state index in [1.54, 1.807) is 0 Å². The molecule has 0 N–H and O–H groups in total. The first-order chi connectivity index (χ1) is 32.2. The van der Waals surface area contributed by atoms with E-state index in [4.69, 9.17) is 0 Å². The third kappa shape index (κ3) is 5.03. The van der Waals surface area contributed by atoms with Gasteiger partial charge in [0.15, 0.2) is 0 Å². The lowest BCUT2D eigenvalue weighted by molar-refractivity contribution is 0.641. The Morgan fingerprint density at radius 2 is 0.692 bits per heavy atom. The summed E-state index contributed by atoms with van der Waals surface area (Å²) in [5.41, 5.74) is 17.3. The van der Waals surface area contributed by atoms with Crippen LogP contribution in [-0.4, -0.2) is 0 Å². The van der Waals surface area contributed by atoms with Crippen LogP contribution in [0.4, 0.5) is 0 Å². The summed E-state index contributed by atoms with van der Waals surface area (Å²) in [7, 11) is 0. The minimum atomic E-state index is -0.602. The normalized spacial score (nSPS) is 16.6. The highest BCUT2D eigenvalue weighted by Gasteiger charge is 2.56. The summed E-state index contributed by atoms with van der Waals surface area (Å²) in [6.45, 7) is 0. The Balaban J connectivity index is 1.13. The van der Waals surface area contributed by atoms with Crippen molar-refractivity contribution in [1.29, 1.82) is 0 Å². The van der Waals surface area contributed by atoms with Gasteiger partial charge in [0.1, 0.15) is 0 Å². The van der Waals surface area contributed by atoms with Crippen molar-refractivity contribution >= 4 is 48.7 Å². The molecule has 1 atom stereocenters. The summed E-state index contributed by atoms with van der Waals surface area (Å²) < 4.78 is 0. The van der Waals surface area contributed by atoms with Gasteiger partial charge < -0.3 is 0 Å². The molecule has 3 aliphatic rings. The van der Waals surface area contributed by atoms with Gasteiger partial charge in [-0.1, -0.05) is 231 Å². The predicted molar refractivity (Wildman–Crippen MR) is 273 cm³/mol. The number of hydrogen-bond donors (Lipinski definition) is 0. The van der Waals surface area contributed by atoms with Gasteiger partial charge in [-0.2, -0.15) is 0 Å². The molecule has 0 saturated carbocycles. The Hall–Kier alpha value is -8.06. The first-order valence-corrected chi connectivity index (χ1v) is 23.0. The molecule has 0 aromatic heterocycles. The number of hydrogen-bond acceptors (Lipinski definition) is 0. The van der Waals surface area contributed by atoms with Gasteiger partial charge >= 0.3 is 0 Å². The highest BCUT2D eigenvalue weighted by Crippen LogP contribution is 2.67. The zero-order valence-electron chi connectivity index (χ0n) is 35.8. The van der Waals surface area contributed by atoms with Crippen LogP contribution in [0.3, 0.4) is 0 Å². The average molecular weight is 823 g/mol. The van der Waals surface area contributed by atoms with Gasteiger partial charge in [0.2, 0.25) is 0 Å². The van der Waals surface area contributed by atoms with Crippen LogP contribution in [0.5, 0.6) is 0 Å². The van der Waals surface area contributed by atoms with Gasteiger partial charge in [0, 0.05) is 5.41 Å². The van der Waals surface area contributed by atoms with E-state index in [0.29, 0.717) is 0 Å². The fraction of sp³-hybridized carbons (Fsp3) is 0.0462. The van der Waals surface area contributed by atoms with Gasteiger partial charge in [-0.25, -0.2) is 0 Å². The van der Waals surface area contributed by atoms with E-state index < -0.39 is 10.8 Å². The molecule has 0 aliphatic heterocycles. The third-order valence-electron chi connectivity index (χ3n) is 15.2. The maximum Gasteiger partial charge on any atom is 0.0723 e. The van der Waals surface area contributed by atoms with Gasteiger partial charge in [-0.3, -0.25) is 0 Å². The number of benzene rings is 11. The van der Waals surface area contributed by atoms with E-state index in [1.807, 2.05) is 0 Å². The smallest absolute Gasteiger partial charge is 0.0723 e. The van der Waals surface area contributed by atoms with Crippen molar-refractivity contribution in [3.63, 3.8) is 0 Å². The quantitative estimate of drug-likeness (QED) is 0.166. The molecule has 11 aromatic carbocycles. The molecular weight excluding hydrogens is 781 g/mol. The van der Waals surface area contributed by atoms with E-state index in [1.165, 1.54) is 121 Å². The molecular formula is C65H42. The summed E-state index contributed by atoms with van der Waals surface area (Å²) >= 11 is 0. The molecule has 1 unspecified atom stereocenters. The number of rotatable bonds is 4. The largest absolute Gasteiger partial charge is 0.0748 e. The Bertz CT molecular complexity index is 3780. The SMILES string of the molecule is C1=C2C(=CC(c3cccc4ccccc34)(c3cccc4ccccc34)C1)C1(c3cc(-c4cccc5ccccc45)ccc32)c2ccccc2-c2ccc(-c3cccc4ccccc34)cc21. The van der Waals surface area contributed by atoms with Crippen molar-refractivity contribution < 1.29 is 0 Å². The molecule has 0 saturated heterocycles. The molecule has 14 rings (SSSR count). The van der Waals surface area contributed by atoms with Crippen LogP contribution in [0, 0.1) is 0 Å². The summed E-state index contributed by atoms with van der Waals surface area (Å²) in [6.07, 6.45) is 6.19. The van der Waals surface area contributed by atoms with Gasteiger partial charge in [0.25, 0.3) is 0 Å².